The molecule has 202 valence electrons. The van der Waals surface area contributed by atoms with Gasteiger partial charge in [-0.2, -0.15) is 18.3 Å². The van der Waals surface area contributed by atoms with Crippen molar-refractivity contribution >= 4 is 16.9 Å². The summed E-state index contributed by atoms with van der Waals surface area (Å²) >= 11 is 0. The van der Waals surface area contributed by atoms with E-state index in [1.807, 2.05) is 41.4 Å². The van der Waals surface area contributed by atoms with Gasteiger partial charge in [-0.3, -0.25) is 4.68 Å². The second kappa shape index (κ2) is 10.6. The van der Waals surface area contributed by atoms with Crippen LogP contribution in [0.25, 0.3) is 22.0 Å². The number of hydrogen-bond donors (Lipinski definition) is 0. The lowest BCUT2D eigenvalue weighted by molar-refractivity contribution is -0.137. The monoisotopic (exact) mass is 535 g/mol. The van der Waals surface area contributed by atoms with E-state index in [0.29, 0.717) is 36.6 Å². The molecule has 0 radical (unpaired) electrons. The molecule has 3 heterocycles. The molecule has 0 atom stereocenters. The Morgan fingerprint density at radius 2 is 1.90 bits per heavy atom. The molecule has 0 unspecified atom stereocenters. The van der Waals surface area contributed by atoms with E-state index in [1.165, 1.54) is 12.1 Å². The molecule has 6 nitrogen and oxygen atoms in total. The first-order valence-electron chi connectivity index (χ1n) is 12.8. The number of hydrogen-bond acceptors (Lipinski definition) is 4. The van der Waals surface area contributed by atoms with E-state index in [4.69, 9.17) is 14.6 Å². The Morgan fingerprint density at radius 1 is 1.13 bits per heavy atom. The molecule has 1 aliphatic rings. The Bertz CT molecular complexity index is 1600. The number of ether oxygens (including phenoxy) is 2. The van der Waals surface area contributed by atoms with Gasteiger partial charge in [0.2, 0.25) is 0 Å². The zero-order valence-corrected chi connectivity index (χ0v) is 22.0. The molecule has 2 aromatic heterocycles. The van der Waals surface area contributed by atoms with Crippen LogP contribution in [0.5, 0.6) is 0 Å². The van der Waals surface area contributed by atoms with Crippen LogP contribution in [0.4, 0.5) is 13.2 Å². The molecular weight excluding hydrogens is 507 g/mol. The van der Waals surface area contributed by atoms with E-state index in [-0.39, 0.29) is 6.61 Å². The second-order valence-corrected chi connectivity index (χ2v) is 9.41. The molecule has 0 aliphatic carbocycles. The molecule has 39 heavy (non-hydrogen) atoms. The maximum absolute atomic E-state index is 13.4. The van der Waals surface area contributed by atoms with E-state index in [0.717, 1.165) is 58.4 Å². The molecule has 0 fully saturated rings. The summed E-state index contributed by atoms with van der Waals surface area (Å²) in [5.41, 5.74) is 4.96. The molecule has 0 spiro atoms. The zero-order valence-electron chi connectivity index (χ0n) is 22.0. The third-order valence-corrected chi connectivity index (χ3v) is 6.93. The van der Waals surface area contributed by atoms with Crippen LogP contribution >= 0.6 is 0 Å². The van der Waals surface area contributed by atoms with E-state index in [2.05, 4.69) is 11.8 Å². The van der Waals surface area contributed by atoms with Gasteiger partial charge in [-0.1, -0.05) is 30.0 Å². The van der Waals surface area contributed by atoms with Gasteiger partial charge in [0, 0.05) is 48.0 Å². The van der Waals surface area contributed by atoms with Crippen LogP contribution in [0.2, 0.25) is 0 Å². The van der Waals surface area contributed by atoms with Crippen LogP contribution < -0.4 is 0 Å². The van der Waals surface area contributed by atoms with E-state index in [1.54, 1.807) is 6.92 Å². The number of nitrogens with zero attached hydrogens (tertiary/aromatic N) is 3. The summed E-state index contributed by atoms with van der Waals surface area (Å²) in [6.45, 7) is 5.41. The van der Waals surface area contributed by atoms with Gasteiger partial charge in [0.05, 0.1) is 35.6 Å². The summed E-state index contributed by atoms with van der Waals surface area (Å²) < 4.78 is 54.3. The Balaban J connectivity index is 1.77. The molecule has 0 saturated heterocycles. The highest BCUT2D eigenvalue weighted by Crippen LogP contribution is 2.38. The number of aromatic nitrogens is 3. The summed E-state index contributed by atoms with van der Waals surface area (Å²) in [7, 11) is 1.89. The summed E-state index contributed by atoms with van der Waals surface area (Å²) in [5.74, 6) is 5.59. The summed E-state index contributed by atoms with van der Waals surface area (Å²) in [5, 5.41) is 5.46. The van der Waals surface area contributed by atoms with Crippen molar-refractivity contribution in [2.24, 2.45) is 7.05 Å². The van der Waals surface area contributed by atoms with Crippen molar-refractivity contribution in [3.8, 4) is 23.0 Å². The molecule has 2 aromatic carbocycles. The van der Waals surface area contributed by atoms with E-state index >= 15 is 0 Å². The highest BCUT2D eigenvalue weighted by Gasteiger charge is 2.30. The lowest BCUT2D eigenvalue weighted by Crippen LogP contribution is -2.14. The van der Waals surface area contributed by atoms with Crippen molar-refractivity contribution in [1.82, 2.24) is 14.3 Å². The van der Waals surface area contributed by atoms with Crippen LogP contribution in [0, 0.1) is 18.8 Å². The fourth-order valence-corrected chi connectivity index (χ4v) is 5.02. The number of rotatable bonds is 2. The van der Waals surface area contributed by atoms with Gasteiger partial charge in [0.15, 0.2) is 0 Å². The largest absolute Gasteiger partial charge is 0.461 e. The third-order valence-electron chi connectivity index (χ3n) is 6.93. The number of benzene rings is 2. The average molecular weight is 536 g/mol. The highest BCUT2D eigenvalue weighted by atomic mass is 19.4. The number of aryl methyl sites for hydroxylation is 2. The Kier molecular flexibility index (Phi) is 7.23. The minimum absolute atomic E-state index is 0.193. The molecule has 0 saturated carbocycles. The van der Waals surface area contributed by atoms with Crippen LogP contribution in [-0.2, 0) is 35.8 Å². The maximum atomic E-state index is 13.4. The van der Waals surface area contributed by atoms with Gasteiger partial charge in [-0.15, -0.1) is 0 Å². The van der Waals surface area contributed by atoms with Crippen molar-refractivity contribution in [3.63, 3.8) is 0 Å². The van der Waals surface area contributed by atoms with Crippen LogP contribution in [-0.4, -0.2) is 33.5 Å². The summed E-state index contributed by atoms with van der Waals surface area (Å²) in [4.78, 5) is 13.4. The zero-order chi connectivity index (χ0) is 27.7. The minimum Gasteiger partial charge on any atom is -0.461 e. The number of para-hydroxylation sites is 1. The predicted octanol–water partition coefficient (Wildman–Crippen LogP) is 6.26. The van der Waals surface area contributed by atoms with Crippen molar-refractivity contribution in [2.45, 2.75) is 46.0 Å². The first-order valence-corrected chi connectivity index (χ1v) is 12.8. The maximum Gasteiger partial charge on any atom is 0.416 e. The lowest BCUT2D eigenvalue weighted by atomic mass is 9.99. The Morgan fingerprint density at radius 3 is 2.62 bits per heavy atom. The topological polar surface area (TPSA) is 58.3 Å². The third kappa shape index (κ3) is 5.04. The number of carbonyl (C=O) groups excluding carboxylic acids is 1. The number of carbonyl (C=O) groups is 1. The van der Waals surface area contributed by atoms with Crippen molar-refractivity contribution in [2.75, 3.05) is 13.2 Å². The molecular formula is C30H28F3N3O3. The molecule has 0 bridgehead atoms. The Labute approximate surface area is 224 Å². The molecule has 1 aliphatic heterocycles. The molecule has 4 aromatic rings. The summed E-state index contributed by atoms with van der Waals surface area (Å²) in [6.07, 6.45) is -2.87. The SMILES string of the molecule is CCOC(=O)c1c(C#Cc2ccc(C(F)(F)F)cc2)c2cccc3c2n1CCCCOCc1nn(C)c(C)c1-3. The van der Waals surface area contributed by atoms with Gasteiger partial charge in [0.25, 0.3) is 0 Å². The van der Waals surface area contributed by atoms with Crippen molar-refractivity contribution in [3.05, 3.63) is 76.2 Å². The first-order chi connectivity index (χ1) is 18.7. The van der Waals surface area contributed by atoms with Gasteiger partial charge in [-0.25, -0.2) is 4.79 Å². The number of halogens is 3. The lowest BCUT2D eigenvalue weighted by Gasteiger charge is -2.13. The molecule has 0 amide bonds. The fourth-order valence-electron chi connectivity index (χ4n) is 5.02. The Hall–Kier alpha value is -4.03. The molecule has 5 rings (SSSR count). The standard InChI is InChI=1S/C30H28F3N3O3/c1-4-39-29(37)28-23(15-12-20-10-13-21(14-11-20)30(31,32)33)22-8-7-9-24-26-19(2)35(3)34-25(26)18-38-17-6-5-16-36(28)27(22)24/h7-11,13-14H,4-6,16-18H2,1-3H3. The van der Waals surface area contributed by atoms with Crippen molar-refractivity contribution in [1.29, 1.82) is 0 Å². The quantitative estimate of drug-likeness (QED) is 0.225. The van der Waals surface area contributed by atoms with Gasteiger partial charge < -0.3 is 14.0 Å². The fraction of sp³-hybridized carbons (Fsp3) is 0.333. The highest BCUT2D eigenvalue weighted by molar-refractivity contribution is 6.06. The van der Waals surface area contributed by atoms with Crippen molar-refractivity contribution < 1.29 is 27.4 Å². The molecule has 0 N–H and O–H groups in total. The van der Waals surface area contributed by atoms with Gasteiger partial charge in [0.1, 0.15) is 5.69 Å². The van der Waals surface area contributed by atoms with Gasteiger partial charge in [-0.05, 0) is 51.0 Å². The van der Waals surface area contributed by atoms with Crippen LogP contribution in [0.1, 0.15) is 58.3 Å². The normalized spacial score (nSPS) is 13.8. The average Bonchev–Trinajstić information content (AvgIpc) is 3.36. The van der Waals surface area contributed by atoms with E-state index in [9.17, 15) is 18.0 Å². The minimum atomic E-state index is -4.43. The number of fused-ring (bicyclic) bond motifs is 2. The molecule has 9 heteroatoms. The first kappa shape index (κ1) is 26.6. The van der Waals surface area contributed by atoms with Crippen LogP contribution in [0.15, 0.2) is 42.5 Å². The van der Waals surface area contributed by atoms with Gasteiger partial charge >= 0.3 is 12.1 Å². The summed E-state index contributed by atoms with van der Waals surface area (Å²) in [6, 6.07) is 10.5. The van der Waals surface area contributed by atoms with Crippen LogP contribution in [0.3, 0.4) is 0 Å². The predicted molar refractivity (Wildman–Crippen MR) is 141 cm³/mol. The number of esters is 1. The smallest absolute Gasteiger partial charge is 0.416 e. The second-order valence-electron chi connectivity index (χ2n) is 9.41. The number of alkyl halides is 3. The van der Waals surface area contributed by atoms with E-state index < -0.39 is 17.7 Å².